The predicted octanol–water partition coefficient (Wildman–Crippen LogP) is 3.22. The van der Waals surface area contributed by atoms with E-state index >= 15 is 0 Å². The van der Waals surface area contributed by atoms with Gasteiger partial charge in [0.2, 0.25) is 0 Å². The molecule has 0 aliphatic rings. The van der Waals surface area contributed by atoms with E-state index in [1.54, 1.807) is 7.11 Å². The first kappa shape index (κ1) is 13.0. The van der Waals surface area contributed by atoms with Gasteiger partial charge in [0.1, 0.15) is 5.75 Å². The molecule has 0 heterocycles. The summed E-state index contributed by atoms with van der Waals surface area (Å²) in [4.78, 5) is 0. The summed E-state index contributed by atoms with van der Waals surface area (Å²) in [6, 6.07) is 8.76. The van der Waals surface area contributed by atoms with Crippen LogP contribution in [0.2, 0.25) is 0 Å². The number of hydrogen-bond acceptors (Lipinski definition) is 2. The van der Waals surface area contributed by atoms with Crippen LogP contribution < -0.4 is 10.1 Å². The van der Waals surface area contributed by atoms with Gasteiger partial charge < -0.3 is 10.1 Å². The highest BCUT2D eigenvalue weighted by molar-refractivity contribution is 5.28. The van der Waals surface area contributed by atoms with Gasteiger partial charge in [-0.15, -0.1) is 0 Å². The van der Waals surface area contributed by atoms with Gasteiger partial charge in [0.15, 0.2) is 0 Å². The van der Waals surface area contributed by atoms with Crippen LogP contribution in [0.4, 0.5) is 0 Å². The maximum absolute atomic E-state index is 5.20. The Hall–Kier alpha value is -1.02. The molecule has 90 valence electrons. The Kier molecular flexibility index (Phi) is 5.33. The van der Waals surface area contributed by atoms with Crippen molar-refractivity contribution in [3.05, 3.63) is 29.8 Å². The quantitative estimate of drug-likeness (QED) is 0.796. The number of benzene rings is 1. The summed E-state index contributed by atoms with van der Waals surface area (Å²) < 4.78 is 5.20. The smallest absolute Gasteiger partial charge is 0.119 e. The molecule has 0 saturated carbocycles. The van der Waals surface area contributed by atoms with Gasteiger partial charge in [0, 0.05) is 12.6 Å². The molecule has 0 spiro atoms. The minimum Gasteiger partial charge on any atom is -0.497 e. The van der Waals surface area contributed by atoms with Crippen molar-refractivity contribution in [2.24, 2.45) is 5.92 Å². The number of methoxy groups -OCH3 is 1. The first-order valence-electron chi connectivity index (χ1n) is 6.03. The lowest BCUT2D eigenvalue weighted by atomic mass is 10.0. The summed E-state index contributed by atoms with van der Waals surface area (Å²) in [6.07, 6.45) is 1.21. The Morgan fingerprint density at radius 2 is 2.06 bits per heavy atom. The number of ether oxygens (including phenoxy) is 1. The maximum atomic E-state index is 5.20. The topological polar surface area (TPSA) is 21.3 Å². The van der Waals surface area contributed by atoms with Crippen molar-refractivity contribution < 1.29 is 4.74 Å². The van der Waals surface area contributed by atoms with Crippen LogP contribution in [-0.2, 0) is 6.54 Å². The Morgan fingerprint density at radius 1 is 1.31 bits per heavy atom. The molecule has 0 bridgehead atoms. The molecule has 1 rings (SSSR count). The second-order valence-corrected chi connectivity index (χ2v) is 4.41. The van der Waals surface area contributed by atoms with Crippen LogP contribution in [-0.4, -0.2) is 13.2 Å². The van der Waals surface area contributed by atoms with Gasteiger partial charge in [-0.3, -0.25) is 0 Å². The zero-order chi connectivity index (χ0) is 12.0. The average Bonchev–Trinajstić information content (AvgIpc) is 2.35. The van der Waals surface area contributed by atoms with E-state index in [0.29, 0.717) is 12.0 Å². The molecule has 0 aliphatic carbocycles. The third-order valence-corrected chi connectivity index (χ3v) is 3.26. The number of rotatable bonds is 6. The molecule has 0 fully saturated rings. The normalized spacial score (nSPS) is 14.5. The fourth-order valence-corrected chi connectivity index (χ4v) is 1.62. The van der Waals surface area contributed by atoms with Crippen LogP contribution in [0.5, 0.6) is 5.75 Å². The summed E-state index contributed by atoms with van der Waals surface area (Å²) >= 11 is 0. The van der Waals surface area contributed by atoms with Gasteiger partial charge in [-0.2, -0.15) is 0 Å². The van der Waals surface area contributed by atoms with Crippen molar-refractivity contribution in [2.45, 2.75) is 39.8 Å². The minimum absolute atomic E-state index is 0.552. The Balaban J connectivity index is 2.47. The van der Waals surface area contributed by atoms with Crippen molar-refractivity contribution >= 4 is 0 Å². The van der Waals surface area contributed by atoms with Crippen LogP contribution in [0.3, 0.4) is 0 Å². The summed E-state index contributed by atoms with van der Waals surface area (Å²) in [5.41, 5.74) is 1.27. The van der Waals surface area contributed by atoms with Gasteiger partial charge in [0.05, 0.1) is 7.11 Å². The molecule has 0 radical (unpaired) electrons. The van der Waals surface area contributed by atoms with Crippen molar-refractivity contribution in [1.29, 1.82) is 0 Å². The minimum atomic E-state index is 0.552. The Bertz CT molecular complexity index is 311. The monoisotopic (exact) mass is 221 g/mol. The maximum Gasteiger partial charge on any atom is 0.119 e. The third kappa shape index (κ3) is 3.86. The third-order valence-electron chi connectivity index (χ3n) is 3.26. The van der Waals surface area contributed by atoms with E-state index in [0.717, 1.165) is 12.3 Å². The molecule has 0 aromatic heterocycles. The van der Waals surface area contributed by atoms with Crippen molar-refractivity contribution in [3.8, 4) is 5.75 Å². The first-order valence-corrected chi connectivity index (χ1v) is 6.03. The average molecular weight is 221 g/mol. The summed E-state index contributed by atoms with van der Waals surface area (Å²) in [7, 11) is 1.70. The first-order chi connectivity index (χ1) is 7.67. The van der Waals surface area contributed by atoms with Gasteiger partial charge in [-0.05, 0) is 30.5 Å². The van der Waals surface area contributed by atoms with Gasteiger partial charge >= 0.3 is 0 Å². The highest BCUT2D eigenvalue weighted by Crippen LogP contribution is 2.13. The van der Waals surface area contributed by atoms with Gasteiger partial charge in [0.25, 0.3) is 0 Å². The molecule has 2 heteroatoms. The van der Waals surface area contributed by atoms with Crippen LogP contribution in [0.1, 0.15) is 32.8 Å². The molecular weight excluding hydrogens is 198 g/mol. The van der Waals surface area contributed by atoms with Gasteiger partial charge in [-0.1, -0.05) is 32.4 Å². The number of hydrogen-bond donors (Lipinski definition) is 1. The molecule has 16 heavy (non-hydrogen) atoms. The van der Waals surface area contributed by atoms with Crippen molar-refractivity contribution in [3.63, 3.8) is 0 Å². The van der Waals surface area contributed by atoms with E-state index in [1.807, 2.05) is 12.1 Å². The Morgan fingerprint density at radius 3 is 2.69 bits per heavy atom. The SMILES string of the molecule is CCC(C)C(C)NCc1cccc(OC)c1. The van der Waals surface area contributed by atoms with Crippen LogP contribution in [0.25, 0.3) is 0 Å². The summed E-state index contributed by atoms with van der Waals surface area (Å²) in [6.45, 7) is 7.66. The summed E-state index contributed by atoms with van der Waals surface area (Å²) in [5, 5.41) is 3.55. The lowest BCUT2D eigenvalue weighted by molar-refractivity contribution is 0.388. The lowest BCUT2D eigenvalue weighted by Gasteiger charge is -2.20. The zero-order valence-electron chi connectivity index (χ0n) is 10.8. The van der Waals surface area contributed by atoms with E-state index in [9.17, 15) is 0 Å². The summed E-state index contributed by atoms with van der Waals surface area (Å²) in [5.74, 6) is 1.64. The van der Waals surface area contributed by atoms with Crippen molar-refractivity contribution in [2.75, 3.05) is 7.11 Å². The number of nitrogens with one attached hydrogen (secondary N) is 1. The predicted molar refractivity (Wildman–Crippen MR) is 68.8 cm³/mol. The standard InChI is InChI=1S/C14H23NO/c1-5-11(2)12(3)15-10-13-7-6-8-14(9-13)16-4/h6-9,11-12,15H,5,10H2,1-4H3. The van der Waals surface area contributed by atoms with Crippen LogP contribution in [0, 0.1) is 5.92 Å². The van der Waals surface area contributed by atoms with E-state index in [4.69, 9.17) is 4.74 Å². The highest BCUT2D eigenvalue weighted by atomic mass is 16.5. The molecule has 2 unspecified atom stereocenters. The van der Waals surface area contributed by atoms with Crippen LogP contribution >= 0.6 is 0 Å². The van der Waals surface area contributed by atoms with E-state index < -0.39 is 0 Å². The molecule has 0 aliphatic heterocycles. The van der Waals surface area contributed by atoms with E-state index in [-0.39, 0.29) is 0 Å². The molecule has 1 N–H and O–H groups in total. The second kappa shape index (κ2) is 6.54. The fourth-order valence-electron chi connectivity index (χ4n) is 1.62. The van der Waals surface area contributed by atoms with E-state index in [2.05, 4.69) is 38.2 Å². The lowest BCUT2D eigenvalue weighted by Crippen LogP contribution is -2.31. The van der Waals surface area contributed by atoms with E-state index in [1.165, 1.54) is 12.0 Å². The molecule has 1 aromatic carbocycles. The molecule has 0 saturated heterocycles. The second-order valence-electron chi connectivity index (χ2n) is 4.41. The van der Waals surface area contributed by atoms with Gasteiger partial charge in [-0.25, -0.2) is 0 Å². The Labute approximate surface area is 99.0 Å². The molecule has 1 aromatic rings. The largest absolute Gasteiger partial charge is 0.497 e. The molecular formula is C14H23NO. The van der Waals surface area contributed by atoms with Crippen molar-refractivity contribution in [1.82, 2.24) is 5.32 Å². The molecule has 2 atom stereocenters. The zero-order valence-corrected chi connectivity index (χ0v) is 10.8. The molecule has 2 nitrogen and oxygen atoms in total. The molecule has 0 amide bonds. The van der Waals surface area contributed by atoms with Crippen LogP contribution in [0.15, 0.2) is 24.3 Å². The fraction of sp³-hybridized carbons (Fsp3) is 0.571. The highest BCUT2D eigenvalue weighted by Gasteiger charge is 2.08.